The van der Waals surface area contributed by atoms with Crippen LogP contribution < -0.4 is 0 Å². The average molecular weight is 228 g/mol. The van der Waals surface area contributed by atoms with Crippen LogP contribution >= 0.6 is 0 Å². The lowest BCUT2D eigenvalue weighted by molar-refractivity contribution is 0.0183. The molecule has 0 saturated carbocycles. The second-order valence-corrected chi connectivity index (χ2v) is 5.03. The molecule has 0 aromatic rings. The Morgan fingerprint density at radius 2 is 2.06 bits per heavy atom. The first-order valence-electron chi connectivity index (χ1n) is 6.48. The Hall–Kier alpha value is -0.160. The summed E-state index contributed by atoms with van der Waals surface area (Å²) < 4.78 is 5.38. The van der Waals surface area contributed by atoms with Gasteiger partial charge in [0.15, 0.2) is 0 Å². The molecule has 0 bridgehead atoms. The molecule has 4 nitrogen and oxygen atoms in total. The Bertz CT molecular complexity index is 205. The summed E-state index contributed by atoms with van der Waals surface area (Å²) in [5.41, 5.74) is 0. The number of ether oxygens (including phenoxy) is 1. The molecule has 2 heterocycles. The smallest absolute Gasteiger partial charge is 0.0594 e. The molecule has 0 amide bonds. The molecular weight excluding hydrogens is 204 g/mol. The van der Waals surface area contributed by atoms with Crippen molar-refractivity contribution in [2.24, 2.45) is 0 Å². The predicted molar refractivity (Wildman–Crippen MR) is 63.5 cm³/mol. The van der Waals surface area contributed by atoms with Crippen LogP contribution in [0.3, 0.4) is 0 Å². The highest BCUT2D eigenvalue weighted by Crippen LogP contribution is 2.17. The van der Waals surface area contributed by atoms with Crippen molar-refractivity contribution >= 4 is 0 Å². The van der Waals surface area contributed by atoms with Gasteiger partial charge in [-0.05, 0) is 26.3 Å². The van der Waals surface area contributed by atoms with Gasteiger partial charge in [0.25, 0.3) is 0 Å². The molecule has 94 valence electrons. The van der Waals surface area contributed by atoms with Gasteiger partial charge in [-0.1, -0.05) is 0 Å². The lowest BCUT2D eigenvalue weighted by Crippen LogP contribution is -2.44. The number of hydrogen-bond donors (Lipinski definition) is 1. The van der Waals surface area contributed by atoms with E-state index in [1.165, 1.54) is 19.5 Å². The normalized spacial score (nSPS) is 30.8. The maximum Gasteiger partial charge on any atom is 0.0594 e. The summed E-state index contributed by atoms with van der Waals surface area (Å²) in [4.78, 5) is 5.04. The Balaban J connectivity index is 1.70. The van der Waals surface area contributed by atoms with Crippen molar-refractivity contribution in [3.05, 3.63) is 0 Å². The zero-order valence-electron chi connectivity index (χ0n) is 10.3. The van der Waals surface area contributed by atoms with Crippen LogP contribution in [0.15, 0.2) is 0 Å². The molecule has 2 rings (SSSR count). The van der Waals surface area contributed by atoms with Gasteiger partial charge in [-0.15, -0.1) is 0 Å². The van der Waals surface area contributed by atoms with Gasteiger partial charge in [-0.25, -0.2) is 0 Å². The number of likely N-dealkylation sites (tertiary alicyclic amines) is 1. The first kappa shape index (κ1) is 12.3. The Kier molecular flexibility index (Phi) is 4.58. The fourth-order valence-corrected chi connectivity index (χ4v) is 2.63. The summed E-state index contributed by atoms with van der Waals surface area (Å²) >= 11 is 0. The van der Waals surface area contributed by atoms with Crippen LogP contribution in [0.25, 0.3) is 0 Å². The molecule has 0 aromatic heterocycles. The number of rotatable bonds is 4. The topological polar surface area (TPSA) is 35.9 Å². The second-order valence-electron chi connectivity index (χ2n) is 5.03. The number of hydrogen-bond acceptors (Lipinski definition) is 4. The maximum absolute atomic E-state index is 9.27. The molecule has 0 aromatic carbocycles. The van der Waals surface area contributed by atoms with E-state index < -0.39 is 0 Å². The number of morpholine rings is 1. The van der Waals surface area contributed by atoms with Gasteiger partial charge >= 0.3 is 0 Å². The van der Waals surface area contributed by atoms with Gasteiger partial charge in [0, 0.05) is 32.2 Å². The van der Waals surface area contributed by atoms with E-state index in [1.807, 2.05) is 6.92 Å². The van der Waals surface area contributed by atoms with Gasteiger partial charge in [0.1, 0.15) is 0 Å². The van der Waals surface area contributed by atoms with Gasteiger partial charge in [0.05, 0.1) is 19.3 Å². The molecule has 2 unspecified atom stereocenters. The third-order valence-corrected chi connectivity index (χ3v) is 3.67. The van der Waals surface area contributed by atoms with Crippen LogP contribution in [-0.4, -0.2) is 73.0 Å². The monoisotopic (exact) mass is 228 g/mol. The van der Waals surface area contributed by atoms with Crippen LogP contribution in [0.4, 0.5) is 0 Å². The highest BCUT2D eigenvalue weighted by Gasteiger charge is 2.28. The summed E-state index contributed by atoms with van der Waals surface area (Å²) in [6.07, 6.45) is 2.01. The minimum Gasteiger partial charge on any atom is -0.393 e. The van der Waals surface area contributed by atoms with Crippen molar-refractivity contribution in [2.45, 2.75) is 31.9 Å². The molecule has 2 aliphatic heterocycles. The highest BCUT2D eigenvalue weighted by molar-refractivity contribution is 4.84. The first-order chi connectivity index (χ1) is 7.75. The summed E-state index contributed by atoms with van der Waals surface area (Å²) in [5.74, 6) is 0. The second kappa shape index (κ2) is 5.96. The minimum absolute atomic E-state index is 0.164. The Morgan fingerprint density at radius 1 is 1.31 bits per heavy atom. The van der Waals surface area contributed by atoms with Gasteiger partial charge in [0.2, 0.25) is 0 Å². The van der Waals surface area contributed by atoms with E-state index in [1.54, 1.807) is 0 Å². The predicted octanol–water partition coefficient (Wildman–Crippen LogP) is 0.164. The third kappa shape index (κ3) is 3.42. The first-order valence-corrected chi connectivity index (χ1v) is 6.48. The van der Waals surface area contributed by atoms with E-state index >= 15 is 0 Å². The molecule has 0 spiro atoms. The van der Waals surface area contributed by atoms with Crippen LogP contribution in [0.2, 0.25) is 0 Å². The lowest BCUT2D eigenvalue weighted by atomic mass is 10.2. The molecular formula is C12H24N2O2. The SMILES string of the molecule is CC(O)CCN1CCC(N2CCOCC2)C1. The van der Waals surface area contributed by atoms with Crippen LogP contribution in [0, 0.1) is 0 Å². The third-order valence-electron chi connectivity index (χ3n) is 3.67. The number of aliphatic hydroxyl groups excluding tert-OH is 1. The maximum atomic E-state index is 9.27. The van der Waals surface area contributed by atoms with Gasteiger partial charge < -0.3 is 14.7 Å². The average Bonchev–Trinajstić information content (AvgIpc) is 2.76. The molecule has 1 N–H and O–H groups in total. The van der Waals surface area contributed by atoms with E-state index in [0.717, 1.165) is 45.3 Å². The number of aliphatic hydroxyl groups is 1. The molecule has 0 radical (unpaired) electrons. The highest BCUT2D eigenvalue weighted by atomic mass is 16.5. The van der Waals surface area contributed by atoms with E-state index in [0.29, 0.717) is 0 Å². The summed E-state index contributed by atoms with van der Waals surface area (Å²) in [5, 5.41) is 9.27. The van der Waals surface area contributed by atoms with Crippen LogP contribution in [0.5, 0.6) is 0 Å². The van der Waals surface area contributed by atoms with E-state index in [4.69, 9.17) is 4.74 Å². The molecule has 0 aliphatic carbocycles. The fraction of sp³-hybridized carbons (Fsp3) is 1.00. The van der Waals surface area contributed by atoms with E-state index in [2.05, 4.69) is 9.80 Å². The summed E-state index contributed by atoms with van der Waals surface area (Å²) in [6, 6.07) is 0.720. The molecule has 4 heteroatoms. The van der Waals surface area contributed by atoms with Crippen LogP contribution in [0.1, 0.15) is 19.8 Å². The molecule has 2 saturated heterocycles. The minimum atomic E-state index is -0.164. The Morgan fingerprint density at radius 3 is 2.75 bits per heavy atom. The summed E-state index contributed by atoms with van der Waals surface area (Å²) in [6.45, 7) is 9.24. The van der Waals surface area contributed by atoms with E-state index in [9.17, 15) is 5.11 Å². The molecule has 2 fully saturated rings. The fourth-order valence-electron chi connectivity index (χ4n) is 2.63. The standard InChI is InChI=1S/C12H24N2O2/c1-11(15)2-4-13-5-3-12(10-13)14-6-8-16-9-7-14/h11-12,15H,2-10H2,1H3. The van der Waals surface area contributed by atoms with Crippen LogP contribution in [-0.2, 0) is 4.74 Å². The largest absolute Gasteiger partial charge is 0.393 e. The zero-order valence-corrected chi connectivity index (χ0v) is 10.3. The Labute approximate surface area is 98.2 Å². The molecule has 2 aliphatic rings. The lowest BCUT2D eigenvalue weighted by Gasteiger charge is -2.32. The van der Waals surface area contributed by atoms with Crippen molar-refractivity contribution in [1.29, 1.82) is 0 Å². The van der Waals surface area contributed by atoms with Crippen molar-refractivity contribution in [1.82, 2.24) is 9.80 Å². The van der Waals surface area contributed by atoms with Crippen molar-refractivity contribution in [3.63, 3.8) is 0 Å². The van der Waals surface area contributed by atoms with Gasteiger partial charge in [-0.3, -0.25) is 4.90 Å². The molecule has 2 atom stereocenters. The number of nitrogens with zero attached hydrogens (tertiary/aromatic N) is 2. The quantitative estimate of drug-likeness (QED) is 0.744. The van der Waals surface area contributed by atoms with E-state index in [-0.39, 0.29) is 6.10 Å². The van der Waals surface area contributed by atoms with Crippen molar-refractivity contribution in [3.8, 4) is 0 Å². The zero-order chi connectivity index (χ0) is 11.4. The van der Waals surface area contributed by atoms with Crippen molar-refractivity contribution in [2.75, 3.05) is 45.9 Å². The van der Waals surface area contributed by atoms with Gasteiger partial charge in [-0.2, -0.15) is 0 Å². The molecule has 16 heavy (non-hydrogen) atoms. The van der Waals surface area contributed by atoms with Crippen molar-refractivity contribution < 1.29 is 9.84 Å². The summed E-state index contributed by atoms with van der Waals surface area (Å²) in [7, 11) is 0.